The van der Waals surface area contributed by atoms with Crippen LogP contribution in [-0.4, -0.2) is 35.5 Å². The Morgan fingerprint density at radius 3 is 2.52 bits per heavy atom. The van der Waals surface area contributed by atoms with Gasteiger partial charge in [0.1, 0.15) is 5.75 Å². The number of methoxy groups -OCH3 is 1. The summed E-state index contributed by atoms with van der Waals surface area (Å²) >= 11 is 0. The molecule has 1 aromatic carbocycles. The lowest BCUT2D eigenvalue weighted by Gasteiger charge is -2.11. The van der Waals surface area contributed by atoms with Gasteiger partial charge >= 0.3 is 0 Å². The van der Waals surface area contributed by atoms with Gasteiger partial charge in [0.15, 0.2) is 0 Å². The highest BCUT2D eigenvalue weighted by molar-refractivity contribution is 5.54. The van der Waals surface area contributed by atoms with Crippen molar-refractivity contribution in [2.45, 2.75) is 19.4 Å². The van der Waals surface area contributed by atoms with Gasteiger partial charge in [0.05, 0.1) is 18.3 Å². The van der Waals surface area contributed by atoms with Crippen molar-refractivity contribution in [2.75, 3.05) is 21.2 Å². The molecule has 4 heteroatoms. The van der Waals surface area contributed by atoms with Crippen LogP contribution in [0.5, 0.6) is 5.75 Å². The molecule has 0 aliphatic rings. The summed E-state index contributed by atoms with van der Waals surface area (Å²) in [5, 5.41) is 0. The summed E-state index contributed by atoms with van der Waals surface area (Å²) in [5.41, 5.74) is 4.94. The molecule has 3 aromatic rings. The molecule has 0 amide bonds. The van der Waals surface area contributed by atoms with Crippen LogP contribution in [0.2, 0.25) is 0 Å². The van der Waals surface area contributed by atoms with E-state index in [1.54, 1.807) is 7.11 Å². The summed E-state index contributed by atoms with van der Waals surface area (Å²) < 4.78 is 7.45. The minimum absolute atomic E-state index is 0.897. The zero-order valence-electron chi connectivity index (χ0n) is 14.0. The van der Waals surface area contributed by atoms with Crippen LogP contribution in [0, 0.1) is 0 Å². The highest BCUT2D eigenvalue weighted by Gasteiger charge is 2.08. The van der Waals surface area contributed by atoms with Crippen molar-refractivity contribution in [1.82, 2.24) is 14.3 Å². The molecule has 0 bridgehead atoms. The molecule has 0 N–H and O–H groups in total. The molecule has 2 aromatic heterocycles. The second-order valence-electron chi connectivity index (χ2n) is 6.04. The molecule has 120 valence electrons. The highest BCUT2D eigenvalue weighted by Crippen LogP contribution is 2.17. The normalized spacial score (nSPS) is 11.3. The maximum Gasteiger partial charge on any atom is 0.118 e. The predicted molar refractivity (Wildman–Crippen MR) is 93.0 cm³/mol. The van der Waals surface area contributed by atoms with E-state index in [0.29, 0.717) is 0 Å². The largest absolute Gasteiger partial charge is 0.497 e. The summed E-state index contributed by atoms with van der Waals surface area (Å²) in [7, 11) is 5.87. The van der Waals surface area contributed by atoms with Crippen molar-refractivity contribution >= 4 is 5.52 Å². The Morgan fingerprint density at radius 2 is 1.83 bits per heavy atom. The van der Waals surface area contributed by atoms with Crippen LogP contribution in [0.1, 0.15) is 17.0 Å². The molecular formula is C19H23N3O. The Labute approximate surface area is 137 Å². The SMILES string of the molecule is COc1ccc(CCc2nccn3c(CN(C)C)ccc23)cc1. The van der Waals surface area contributed by atoms with Gasteiger partial charge in [-0.15, -0.1) is 0 Å². The monoisotopic (exact) mass is 309 g/mol. The zero-order chi connectivity index (χ0) is 16.2. The second-order valence-corrected chi connectivity index (χ2v) is 6.04. The molecule has 0 fully saturated rings. The first-order valence-electron chi connectivity index (χ1n) is 7.89. The molecule has 0 unspecified atom stereocenters. The molecule has 3 rings (SSSR count). The van der Waals surface area contributed by atoms with Crippen LogP contribution in [0.25, 0.3) is 5.52 Å². The van der Waals surface area contributed by atoms with Crippen LogP contribution in [0.15, 0.2) is 48.8 Å². The summed E-state index contributed by atoms with van der Waals surface area (Å²) in [6.07, 6.45) is 5.85. The first-order chi connectivity index (χ1) is 11.2. The summed E-state index contributed by atoms with van der Waals surface area (Å²) in [5.74, 6) is 0.897. The topological polar surface area (TPSA) is 29.8 Å². The van der Waals surface area contributed by atoms with E-state index < -0.39 is 0 Å². The average molecular weight is 309 g/mol. The molecule has 23 heavy (non-hydrogen) atoms. The number of benzene rings is 1. The smallest absolute Gasteiger partial charge is 0.118 e. The van der Waals surface area contributed by atoms with Crippen molar-refractivity contribution in [3.8, 4) is 5.75 Å². The van der Waals surface area contributed by atoms with Crippen LogP contribution in [0.4, 0.5) is 0 Å². The fraction of sp³-hybridized carbons (Fsp3) is 0.316. The first-order valence-corrected chi connectivity index (χ1v) is 7.89. The third kappa shape index (κ3) is 3.54. The lowest BCUT2D eigenvalue weighted by atomic mass is 10.1. The molecule has 0 saturated heterocycles. The van der Waals surface area contributed by atoms with E-state index in [9.17, 15) is 0 Å². The lowest BCUT2D eigenvalue weighted by molar-refractivity contribution is 0.395. The molecule has 2 heterocycles. The Balaban J connectivity index is 1.78. The van der Waals surface area contributed by atoms with Gasteiger partial charge in [-0.2, -0.15) is 0 Å². The van der Waals surface area contributed by atoms with Crippen LogP contribution >= 0.6 is 0 Å². The molecular weight excluding hydrogens is 286 g/mol. The third-order valence-corrected chi connectivity index (χ3v) is 4.03. The van der Waals surface area contributed by atoms with E-state index in [-0.39, 0.29) is 0 Å². The maximum atomic E-state index is 5.20. The second kappa shape index (κ2) is 6.84. The van der Waals surface area contributed by atoms with Gasteiger partial charge in [0, 0.05) is 24.6 Å². The minimum atomic E-state index is 0.897. The van der Waals surface area contributed by atoms with E-state index in [1.165, 1.54) is 16.8 Å². The highest BCUT2D eigenvalue weighted by atomic mass is 16.5. The first kappa shape index (κ1) is 15.6. The van der Waals surface area contributed by atoms with Crippen molar-refractivity contribution in [1.29, 1.82) is 0 Å². The van der Waals surface area contributed by atoms with Gasteiger partial charge in [-0.25, -0.2) is 0 Å². The number of fused-ring (bicyclic) bond motifs is 1. The van der Waals surface area contributed by atoms with Gasteiger partial charge in [0.25, 0.3) is 0 Å². The maximum absolute atomic E-state index is 5.20. The number of nitrogens with zero attached hydrogens (tertiary/aromatic N) is 3. The summed E-state index contributed by atoms with van der Waals surface area (Å²) in [6, 6.07) is 12.6. The average Bonchev–Trinajstić information content (AvgIpc) is 2.96. The predicted octanol–water partition coefficient (Wildman–Crippen LogP) is 3.19. The number of ether oxygens (including phenoxy) is 1. The van der Waals surface area contributed by atoms with Crippen LogP contribution in [0.3, 0.4) is 0 Å². The number of rotatable bonds is 6. The molecule has 0 aliphatic carbocycles. The standard InChI is InChI=1S/C19H23N3O/c1-21(2)14-16-7-11-19-18(20-12-13-22(16)19)10-6-15-4-8-17(23-3)9-5-15/h4-5,7-9,11-13H,6,10,14H2,1-3H3. The third-order valence-electron chi connectivity index (χ3n) is 4.03. The van der Waals surface area contributed by atoms with E-state index in [4.69, 9.17) is 4.74 Å². The van der Waals surface area contributed by atoms with E-state index in [1.807, 2.05) is 24.5 Å². The Hall–Kier alpha value is -2.33. The van der Waals surface area contributed by atoms with E-state index in [2.05, 4.69) is 52.6 Å². The van der Waals surface area contributed by atoms with Crippen LogP contribution < -0.4 is 4.74 Å². The summed E-state index contributed by atoms with van der Waals surface area (Å²) in [6.45, 7) is 0.927. The summed E-state index contributed by atoms with van der Waals surface area (Å²) in [4.78, 5) is 6.77. The van der Waals surface area contributed by atoms with Gasteiger partial charge in [-0.1, -0.05) is 12.1 Å². The van der Waals surface area contributed by atoms with E-state index in [0.717, 1.165) is 30.8 Å². The zero-order valence-corrected chi connectivity index (χ0v) is 14.0. The number of hydrogen-bond donors (Lipinski definition) is 0. The number of aryl methyl sites for hydroxylation is 2. The quantitative estimate of drug-likeness (QED) is 0.700. The van der Waals surface area contributed by atoms with Crippen molar-refractivity contribution in [2.24, 2.45) is 0 Å². The van der Waals surface area contributed by atoms with Crippen molar-refractivity contribution in [3.63, 3.8) is 0 Å². The Kier molecular flexibility index (Phi) is 4.63. The fourth-order valence-corrected chi connectivity index (χ4v) is 2.86. The molecule has 0 aliphatic heterocycles. The number of aromatic nitrogens is 2. The van der Waals surface area contributed by atoms with Gasteiger partial charge in [0.2, 0.25) is 0 Å². The van der Waals surface area contributed by atoms with Gasteiger partial charge < -0.3 is 14.0 Å². The molecule has 0 atom stereocenters. The Bertz CT molecular complexity index is 775. The van der Waals surface area contributed by atoms with Gasteiger partial charge in [-0.3, -0.25) is 4.98 Å². The van der Waals surface area contributed by atoms with Crippen molar-refractivity contribution < 1.29 is 4.74 Å². The molecule has 0 spiro atoms. The van der Waals surface area contributed by atoms with E-state index >= 15 is 0 Å². The Morgan fingerprint density at radius 1 is 1.04 bits per heavy atom. The number of hydrogen-bond acceptors (Lipinski definition) is 3. The fourth-order valence-electron chi connectivity index (χ4n) is 2.86. The van der Waals surface area contributed by atoms with Gasteiger partial charge in [-0.05, 0) is 56.8 Å². The molecule has 4 nitrogen and oxygen atoms in total. The lowest BCUT2D eigenvalue weighted by Crippen LogP contribution is -2.12. The molecule has 0 radical (unpaired) electrons. The van der Waals surface area contributed by atoms with Crippen molar-refractivity contribution in [3.05, 3.63) is 65.7 Å². The molecule has 0 saturated carbocycles. The van der Waals surface area contributed by atoms with Crippen LogP contribution in [-0.2, 0) is 19.4 Å². The minimum Gasteiger partial charge on any atom is -0.497 e.